The number of carbonyl (C=O) groups is 1. The Morgan fingerprint density at radius 1 is 0.964 bits per heavy atom. The second kappa shape index (κ2) is 5.92. The van der Waals surface area contributed by atoms with Gasteiger partial charge in [-0.3, -0.25) is 14.9 Å². The molecule has 3 aliphatic rings. The van der Waals surface area contributed by atoms with Crippen LogP contribution in [0.15, 0.2) is 64.6 Å². The maximum Gasteiger partial charge on any atom is 0.294 e. The predicted molar refractivity (Wildman–Crippen MR) is 104 cm³/mol. The van der Waals surface area contributed by atoms with E-state index >= 15 is 0 Å². The van der Waals surface area contributed by atoms with Crippen molar-refractivity contribution in [3.05, 3.63) is 91.8 Å². The molecule has 3 N–H and O–H groups in total. The quantitative estimate of drug-likeness (QED) is 0.515. The first-order valence-electron chi connectivity index (χ1n) is 8.53. The zero-order valence-corrected chi connectivity index (χ0v) is 14.4. The van der Waals surface area contributed by atoms with Gasteiger partial charge in [0, 0.05) is 34.6 Å². The van der Waals surface area contributed by atoms with Crippen molar-refractivity contribution >= 4 is 35.4 Å². The number of ketones is 1. The highest BCUT2D eigenvalue weighted by atomic mass is 16.6. The molecule has 0 saturated carbocycles. The first-order chi connectivity index (χ1) is 13.5. The number of rotatable bonds is 1. The van der Waals surface area contributed by atoms with E-state index in [0.29, 0.717) is 33.5 Å². The van der Waals surface area contributed by atoms with Crippen LogP contribution in [-0.4, -0.2) is 26.4 Å². The van der Waals surface area contributed by atoms with Gasteiger partial charge >= 0.3 is 0 Å². The van der Waals surface area contributed by atoms with Gasteiger partial charge in [-0.1, -0.05) is 0 Å². The highest BCUT2D eigenvalue weighted by Gasteiger charge is 2.18. The van der Waals surface area contributed by atoms with E-state index in [9.17, 15) is 14.9 Å². The van der Waals surface area contributed by atoms with Crippen LogP contribution in [0.1, 0.15) is 11.4 Å². The van der Waals surface area contributed by atoms with Gasteiger partial charge in [-0.15, -0.1) is 0 Å². The molecule has 2 aromatic rings. The number of aromatic amines is 2. The van der Waals surface area contributed by atoms with Gasteiger partial charge in [0.1, 0.15) is 5.35 Å². The van der Waals surface area contributed by atoms with Gasteiger partial charge in [-0.25, -0.2) is 4.99 Å². The maximum atomic E-state index is 12.2. The summed E-state index contributed by atoms with van der Waals surface area (Å²) >= 11 is 0. The van der Waals surface area contributed by atoms with Gasteiger partial charge in [0.05, 0.1) is 22.0 Å². The van der Waals surface area contributed by atoms with Gasteiger partial charge in [-0.05, 0) is 48.6 Å². The number of carbonyl (C=O) groups excluding carboxylic acids is 1. The fraction of sp³-hybridized carbons (Fsp3) is 0. The van der Waals surface area contributed by atoms with Crippen LogP contribution in [-0.2, 0) is 4.79 Å². The molecule has 8 heteroatoms. The molecule has 8 nitrogen and oxygen atoms in total. The minimum Gasteiger partial charge on any atom is -0.355 e. The average Bonchev–Trinajstić information content (AvgIpc) is 3.39. The minimum atomic E-state index is -0.423. The molecule has 0 aromatic carbocycles. The van der Waals surface area contributed by atoms with E-state index in [1.165, 1.54) is 12.1 Å². The number of nitrogens with one attached hydrogen (secondary N) is 3. The minimum absolute atomic E-state index is 0.0213. The van der Waals surface area contributed by atoms with Crippen molar-refractivity contribution in [3.63, 3.8) is 0 Å². The number of aromatic nitrogens is 2. The second-order valence-electron chi connectivity index (χ2n) is 6.52. The summed E-state index contributed by atoms with van der Waals surface area (Å²) in [6.45, 7) is 0. The Morgan fingerprint density at radius 3 is 2.61 bits per heavy atom. The molecule has 3 aliphatic heterocycles. The first-order valence-corrected chi connectivity index (χ1v) is 8.53. The van der Waals surface area contributed by atoms with Crippen LogP contribution in [0, 0.1) is 10.1 Å². The second-order valence-corrected chi connectivity index (χ2v) is 6.52. The lowest BCUT2D eigenvalue weighted by atomic mass is 10.2. The highest BCUT2D eigenvalue weighted by Crippen LogP contribution is 2.18. The summed E-state index contributed by atoms with van der Waals surface area (Å²) in [5, 5.41) is 15.5. The van der Waals surface area contributed by atoms with Crippen LogP contribution in [0.5, 0.6) is 0 Å². The Labute approximate surface area is 157 Å². The zero-order chi connectivity index (χ0) is 19.3. The standard InChI is InChI=1S/C20H13N5O3/c26-20-10-16-6-12-1-3-13(21-12)7-17-19(25(27)28)9-15(23-17)5-11-2-4-14(22-11)8-18(20)24-16/h1-10,22-24H. The lowest BCUT2D eigenvalue weighted by Crippen LogP contribution is -2.13. The smallest absolute Gasteiger partial charge is 0.294 e. The molecule has 8 bridgehead atoms. The summed E-state index contributed by atoms with van der Waals surface area (Å²) < 4.78 is 0. The summed E-state index contributed by atoms with van der Waals surface area (Å²) in [7, 11) is 0. The molecule has 0 atom stereocenters. The first kappa shape index (κ1) is 16.0. The summed E-state index contributed by atoms with van der Waals surface area (Å²) in [6, 6.07) is 5.16. The summed E-state index contributed by atoms with van der Waals surface area (Å²) in [6.07, 6.45) is 11.9. The third-order valence-corrected chi connectivity index (χ3v) is 4.50. The molecule has 0 amide bonds. The lowest BCUT2D eigenvalue weighted by Gasteiger charge is -2.00. The molecular weight excluding hydrogens is 358 g/mol. The van der Waals surface area contributed by atoms with Crippen LogP contribution in [0.2, 0.25) is 0 Å². The normalized spacial score (nSPS) is 17.1. The van der Waals surface area contributed by atoms with E-state index in [0.717, 1.165) is 11.4 Å². The molecular formula is C20H13N5O3. The van der Waals surface area contributed by atoms with Crippen LogP contribution in [0.3, 0.4) is 0 Å². The largest absolute Gasteiger partial charge is 0.355 e. The van der Waals surface area contributed by atoms with Crippen molar-refractivity contribution in [1.29, 1.82) is 0 Å². The molecule has 28 heavy (non-hydrogen) atoms. The Morgan fingerprint density at radius 2 is 1.79 bits per heavy atom. The number of nitro groups is 1. The lowest BCUT2D eigenvalue weighted by molar-refractivity contribution is -0.385. The Balaban J connectivity index is 1.74. The fourth-order valence-corrected chi connectivity index (χ4v) is 3.26. The number of H-pyrrole nitrogens is 2. The van der Waals surface area contributed by atoms with E-state index < -0.39 is 4.92 Å². The molecule has 0 saturated heterocycles. The molecule has 2 aromatic heterocycles. The summed E-state index contributed by atoms with van der Waals surface area (Å²) in [5.74, 6) is -0.113. The zero-order valence-electron chi connectivity index (χ0n) is 14.4. The van der Waals surface area contributed by atoms with Crippen molar-refractivity contribution < 1.29 is 9.72 Å². The van der Waals surface area contributed by atoms with Crippen LogP contribution in [0.25, 0.3) is 18.2 Å². The van der Waals surface area contributed by atoms with E-state index in [1.807, 2.05) is 12.1 Å². The SMILES string of the molecule is O=C1C=C2C=C3C=CC(=N3)C=c3[nH]c(cc3[N+](=O)[O-])=Cc3ccc([nH]3)C=C1N2. The highest BCUT2D eigenvalue weighted by molar-refractivity contribution is 6.19. The van der Waals surface area contributed by atoms with Crippen molar-refractivity contribution in [1.82, 2.24) is 15.3 Å². The van der Waals surface area contributed by atoms with Gasteiger partial charge < -0.3 is 15.3 Å². The molecule has 0 radical (unpaired) electrons. The van der Waals surface area contributed by atoms with Crippen molar-refractivity contribution in [2.75, 3.05) is 0 Å². The van der Waals surface area contributed by atoms with E-state index in [4.69, 9.17) is 0 Å². The monoisotopic (exact) mass is 371 g/mol. The molecule has 5 heterocycles. The van der Waals surface area contributed by atoms with E-state index in [-0.39, 0.29) is 11.5 Å². The van der Waals surface area contributed by atoms with E-state index in [2.05, 4.69) is 20.3 Å². The van der Waals surface area contributed by atoms with Crippen LogP contribution < -0.4 is 16.0 Å². The van der Waals surface area contributed by atoms with Crippen molar-refractivity contribution in [2.45, 2.75) is 0 Å². The topological polar surface area (TPSA) is 116 Å². The van der Waals surface area contributed by atoms with Gasteiger partial charge in [0.15, 0.2) is 0 Å². The van der Waals surface area contributed by atoms with Gasteiger partial charge in [0.25, 0.3) is 5.69 Å². The number of nitrogens with zero attached hydrogens (tertiary/aromatic N) is 2. The molecule has 136 valence electrons. The number of fused-ring (bicyclic) bond motifs is 7. The molecule has 0 fully saturated rings. The number of hydrogen-bond acceptors (Lipinski definition) is 5. The van der Waals surface area contributed by atoms with Gasteiger partial charge in [0.2, 0.25) is 5.78 Å². The Hall–Kier alpha value is -4.20. The third kappa shape index (κ3) is 2.82. The number of aliphatic imine (C=N–C) groups is 1. The average molecular weight is 371 g/mol. The summed E-state index contributed by atoms with van der Waals surface area (Å²) in [5.41, 5.74) is 3.80. The van der Waals surface area contributed by atoms with Gasteiger partial charge in [-0.2, -0.15) is 0 Å². The predicted octanol–water partition coefficient (Wildman–Crippen LogP) is 1.17. The Bertz CT molecular complexity index is 1330. The van der Waals surface area contributed by atoms with Crippen molar-refractivity contribution in [2.24, 2.45) is 4.99 Å². The van der Waals surface area contributed by atoms with Crippen molar-refractivity contribution in [3.8, 4) is 0 Å². The van der Waals surface area contributed by atoms with Crippen LogP contribution >= 0.6 is 0 Å². The molecule has 0 unspecified atom stereocenters. The number of hydrogen-bond donors (Lipinski definition) is 3. The molecule has 0 spiro atoms. The number of allylic oxidation sites excluding steroid dienone is 4. The molecule has 0 aliphatic carbocycles. The molecule has 5 rings (SSSR count). The third-order valence-electron chi connectivity index (χ3n) is 4.50. The Kier molecular flexibility index (Phi) is 3.38. The maximum absolute atomic E-state index is 12.2. The van der Waals surface area contributed by atoms with E-state index in [1.54, 1.807) is 36.5 Å². The fourth-order valence-electron chi connectivity index (χ4n) is 3.26. The van der Waals surface area contributed by atoms with Crippen LogP contribution in [0.4, 0.5) is 5.69 Å². The summed E-state index contributed by atoms with van der Waals surface area (Å²) in [4.78, 5) is 33.9.